The average molecular weight is 161 g/mol. The number of likely N-dealkylation sites (N-methyl/N-ethyl adjacent to an activating group) is 1. The van der Waals surface area contributed by atoms with Crippen LogP contribution in [0, 0.1) is 0 Å². The van der Waals surface area contributed by atoms with Crippen LogP contribution in [0.2, 0.25) is 0 Å². The van der Waals surface area contributed by atoms with Crippen LogP contribution in [0.4, 0.5) is 0 Å². The first-order valence-corrected chi connectivity index (χ1v) is 3.96. The molecule has 0 saturated heterocycles. The zero-order chi connectivity index (χ0) is 8.69. The van der Waals surface area contributed by atoms with E-state index in [1.807, 2.05) is 21.0 Å². The number of methoxy groups -OCH3 is 1. The molecule has 0 amide bonds. The Balaban J connectivity index is 3.41. The highest BCUT2D eigenvalue weighted by Gasteiger charge is 2.07. The van der Waals surface area contributed by atoms with Gasteiger partial charge in [0.05, 0.1) is 12.7 Å². The molecule has 0 aliphatic heterocycles. The van der Waals surface area contributed by atoms with E-state index in [2.05, 4.69) is 4.90 Å². The largest absolute Gasteiger partial charge is 0.379 e. The second kappa shape index (κ2) is 6.58. The van der Waals surface area contributed by atoms with Gasteiger partial charge in [0, 0.05) is 20.3 Å². The van der Waals surface area contributed by atoms with E-state index < -0.39 is 0 Å². The summed E-state index contributed by atoms with van der Waals surface area (Å²) in [6, 6.07) is 0. The van der Waals surface area contributed by atoms with Crippen molar-refractivity contribution in [3.8, 4) is 0 Å². The molecule has 0 aliphatic carbocycles. The molecule has 1 atom stereocenters. The quantitative estimate of drug-likeness (QED) is 0.569. The smallest absolute Gasteiger partial charge is 0.0930 e. The van der Waals surface area contributed by atoms with Crippen molar-refractivity contribution in [3.05, 3.63) is 0 Å². The van der Waals surface area contributed by atoms with Gasteiger partial charge in [-0.1, -0.05) is 0 Å². The van der Waals surface area contributed by atoms with E-state index in [0.29, 0.717) is 6.61 Å². The number of ether oxygens (including phenoxy) is 2. The summed E-state index contributed by atoms with van der Waals surface area (Å²) in [7, 11) is 5.77. The number of nitrogens with zero attached hydrogens (tertiary/aromatic N) is 1. The van der Waals surface area contributed by atoms with Crippen LogP contribution >= 0.6 is 0 Å². The van der Waals surface area contributed by atoms with E-state index >= 15 is 0 Å². The molecule has 3 heteroatoms. The van der Waals surface area contributed by atoms with Crippen LogP contribution in [0.5, 0.6) is 0 Å². The maximum absolute atomic E-state index is 5.24. The zero-order valence-electron chi connectivity index (χ0n) is 7.96. The van der Waals surface area contributed by atoms with Crippen LogP contribution in [-0.4, -0.2) is 52.0 Å². The van der Waals surface area contributed by atoms with Gasteiger partial charge in [0.15, 0.2) is 0 Å². The summed E-state index contributed by atoms with van der Waals surface area (Å²) in [5.74, 6) is 0. The molecule has 0 aliphatic rings. The van der Waals surface area contributed by atoms with Crippen molar-refractivity contribution in [2.24, 2.45) is 0 Å². The minimum atomic E-state index is 0.199. The molecule has 1 unspecified atom stereocenters. The predicted octanol–water partition coefficient (Wildman–Crippen LogP) is 0.599. The normalized spacial score (nSPS) is 13.9. The molecular formula is C8H19NO2. The topological polar surface area (TPSA) is 21.7 Å². The van der Waals surface area contributed by atoms with Crippen molar-refractivity contribution in [2.75, 3.05) is 41.0 Å². The summed E-state index contributed by atoms with van der Waals surface area (Å²) in [4.78, 5) is 2.09. The van der Waals surface area contributed by atoms with Crippen molar-refractivity contribution >= 4 is 0 Å². The molecule has 3 nitrogen and oxygen atoms in total. The summed E-state index contributed by atoms with van der Waals surface area (Å²) in [6.45, 7) is 4.34. The van der Waals surface area contributed by atoms with Gasteiger partial charge in [-0.05, 0) is 21.0 Å². The number of hydrogen-bond acceptors (Lipinski definition) is 3. The van der Waals surface area contributed by atoms with Crippen molar-refractivity contribution < 1.29 is 9.47 Å². The maximum Gasteiger partial charge on any atom is 0.0930 e. The Morgan fingerprint density at radius 3 is 2.36 bits per heavy atom. The van der Waals surface area contributed by atoms with E-state index in [1.54, 1.807) is 7.11 Å². The van der Waals surface area contributed by atoms with Crippen molar-refractivity contribution in [1.29, 1.82) is 0 Å². The summed E-state index contributed by atoms with van der Waals surface area (Å²) in [5.41, 5.74) is 0. The number of rotatable bonds is 6. The molecule has 0 N–H and O–H groups in total. The van der Waals surface area contributed by atoms with Gasteiger partial charge in [-0.3, -0.25) is 0 Å². The molecular weight excluding hydrogens is 142 g/mol. The highest BCUT2D eigenvalue weighted by Crippen LogP contribution is 1.93. The SMILES string of the molecule is CCOCC(CN(C)C)OC. The third kappa shape index (κ3) is 6.28. The lowest BCUT2D eigenvalue weighted by Crippen LogP contribution is -2.31. The van der Waals surface area contributed by atoms with Crippen molar-refractivity contribution in [2.45, 2.75) is 13.0 Å². The Labute approximate surface area is 69.3 Å². The second-order valence-electron chi connectivity index (χ2n) is 2.78. The molecule has 0 saturated carbocycles. The lowest BCUT2D eigenvalue weighted by Gasteiger charge is -2.18. The molecule has 0 radical (unpaired) electrons. The summed E-state index contributed by atoms with van der Waals surface area (Å²) in [5, 5.41) is 0. The fraction of sp³-hybridized carbons (Fsp3) is 1.00. The monoisotopic (exact) mass is 161 g/mol. The van der Waals surface area contributed by atoms with Gasteiger partial charge in [0.25, 0.3) is 0 Å². The van der Waals surface area contributed by atoms with Gasteiger partial charge in [0.1, 0.15) is 0 Å². The van der Waals surface area contributed by atoms with Crippen LogP contribution in [0.3, 0.4) is 0 Å². The molecule has 0 aromatic carbocycles. The van der Waals surface area contributed by atoms with Crippen LogP contribution in [0.15, 0.2) is 0 Å². The molecule has 0 spiro atoms. The summed E-state index contributed by atoms with van der Waals surface area (Å²) < 4.78 is 10.4. The van der Waals surface area contributed by atoms with Gasteiger partial charge < -0.3 is 14.4 Å². The minimum absolute atomic E-state index is 0.199. The van der Waals surface area contributed by atoms with Gasteiger partial charge in [0.2, 0.25) is 0 Å². The fourth-order valence-corrected chi connectivity index (χ4v) is 0.852. The Morgan fingerprint density at radius 2 is 2.00 bits per heavy atom. The fourth-order valence-electron chi connectivity index (χ4n) is 0.852. The first-order chi connectivity index (χ1) is 5.20. The van der Waals surface area contributed by atoms with Crippen LogP contribution < -0.4 is 0 Å². The van der Waals surface area contributed by atoms with Crippen LogP contribution in [-0.2, 0) is 9.47 Å². The van der Waals surface area contributed by atoms with E-state index in [0.717, 1.165) is 13.2 Å². The standard InChI is InChI=1S/C8H19NO2/c1-5-11-7-8(10-4)6-9(2)3/h8H,5-7H2,1-4H3. The molecule has 0 aromatic rings. The first-order valence-electron chi connectivity index (χ1n) is 3.96. The highest BCUT2D eigenvalue weighted by molar-refractivity contribution is 4.58. The third-order valence-corrected chi connectivity index (χ3v) is 1.41. The van der Waals surface area contributed by atoms with Crippen LogP contribution in [0.1, 0.15) is 6.92 Å². The summed E-state index contributed by atoms with van der Waals surface area (Å²) in [6.07, 6.45) is 0.199. The third-order valence-electron chi connectivity index (χ3n) is 1.41. The molecule has 0 bridgehead atoms. The molecule has 0 heterocycles. The Kier molecular flexibility index (Phi) is 6.51. The lowest BCUT2D eigenvalue weighted by atomic mass is 10.3. The molecule has 68 valence electrons. The number of hydrogen-bond donors (Lipinski definition) is 0. The molecule has 0 rings (SSSR count). The zero-order valence-corrected chi connectivity index (χ0v) is 7.96. The van der Waals surface area contributed by atoms with Gasteiger partial charge >= 0.3 is 0 Å². The molecule has 11 heavy (non-hydrogen) atoms. The average Bonchev–Trinajstić information content (AvgIpc) is 1.97. The summed E-state index contributed by atoms with van der Waals surface area (Å²) >= 11 is 0. The second-order valence-corrected chi connectivity index (χ2v) is 2.78. The molecule has 0 fully saturated rings. The Bertz CT molecular complexity index is 86.2. The first kappa shape index (κ1) is 10.9. The van der Waals surface area contributed by atoms with Gasteiger partial charge in [-0.25, -0.2) is 0 Å². The predicted molar refractivity (Wildman–Crippen MR) is 45.8 cm³/mol. The van der Waals surface area contributed by atoms with Crippen LogP contribution in [0.25, 0.3) is 0 Å². The Hall–Kier alpha value is -0.120. The van der Waals surface area contributed by atoms with E-state index in [1.165, 1.54) is 0 Å². The van der Waals surface area contributed by atoms with Crippen molar-refractivity contribution in [3.63, 3.8) is 0 Å². The van der Waals surface area contributed by atoms with E-state index in [9.17, 15) is 0 Å². The van der Waals surface area contributed by atoms with Gasteiger partial charge in [-0.2, -0.15) is 0 Å². The lowest BCUT2D eigenvalue weighted by molar-refractivity contribution is 0.000555. The highest BCUT2D eigenvalue weighted by atomic mass is 16.5. The minimum Gasteiger partial charge on any atom is -0.379 e. The van der Waals surface area contributed by atoms with Gasteiger partial charge in [-0.15, -0.1) is 0 Å². The van der Waals surface area contributed by atoms with Crippen molar-refractivity contribution in [1.82, 2.24) is 4.90 Å². The Morgan fingerprint density at radius 1 is 1.36 bits per heavy atom. The molecule has 0 aromatic heterocycles. The van der Waals surface area contributed by atoms with E-state index in [-0.39, 0.29) is 6.10 Å². The maximum atomic E-state index is 5.24. The van der Waals surface area contributed by atoms with E-state index in [4.69, 9.17) is 9.47 Å².